The molecule has 0 fully saturated rings. The lowest BCUT2D eigenvalue weighted by Crippen LogP contribution is -1.75. The summed E-state index contributed by atoms with van der Waals surface area (Å²) in [4.78, 5) is 4.27. The van der Waals surface area contributed by atoms with E-state index in [1.807, 2.05) is 35.7 Å². The van der Waals surface area contributed by atoms with Crippen LogP contribution in [0.4, 0.5) is 0 Å². The maximum atomic E-state index is 4.27. The Morgan fingerprint density at radius 2 is 2.00 bits per heavy atom. The molecular formula is C13H9NS. The summed E-state index contributed by atoms with van der Waals surface area (Å²) < 4.78 is 0. The highest BCUT2D eigenvalue weighted by molar-refractivity contribution is 7.10. The van der Waals surface area contributed by atoms with Gasteiger partial charge in [-0.1, -0.05) is 30.7 Å². The zero-order valence-corrected chi connectivity index (χ0v) is 8.92. The van der Waals surface area contributed by atoms with Gasteiger partial charge >= 0.3 is 0 Å². The predicted molar refractivity (Wildman–Crippen MR) is 64.6 cm³/mol. The van der Waals surface area contributed by atoms with E-state index in [4.69, 9.17) is 0 Å². The van der Waals surface area contributed by atoms with Crippen LogP contribution in [0.2, 0.25) is 0 Å². The second-order valence-electron chi connectivity index (χ2n) is 2.89. The number of hydrogen-bond acceptors (Lipinski definition) is 2. The Morgan fingerprint density at radius 1 is 1.20 bits per heavy atom. The molecule has 0 spiro atoms. The zero-order valence-electron chi connectivity index (χ0n) is 8.10. The van der Waals surface area contributed by atoms with Gasteiger partial charge < -0.3 is 0 Å². The Kier molecular flexibility index (Phi) is 2.96. The van der Waals surface area contributed by atoms with Crippen molar-refractivity contribution in [1.82, 2.24) is 4.98 Å². The molecule has 0 aliphatic carbocycles. The number of aromatic nitrogens is 1. The van der Waals surface area contributed by atoms with E-state index in [0.717, 1.165) is 16.3 Å². The van der Waals surface area contributed by atoms with Gasteiger partial charge in [-0.15, -0.1) is 11.3 Å². The molecule has 2 aromatic rings. The highest BCUT2D eigenvalue weighted by Gasteiger charge is 1.93. The Balaban J connectivity index is 2.22. The normalized spacial score (nSPS) is 9.07. The van der Waals surface area contributed by atoms with Crippen LogP contribution in [0.15, 0.2) is 42.3 Å². The molecule has 0 amide bonds. The minimum absolute atomic E-state index is 0.804. The maximum Gasteiger partial charge on any atom is 0.125 e. The van der Waals surface area contributed by atoms with E-state index in [2.05, 4.69) is 23.4 Å². The Hall–Kier alpha value is -1.85. The minimum atomic E-state index is 0.804. The van der Waals surface area contributed by atoms with Gasteiger partial charge in [-0.2, -0.15) is 0 Å². The first kappa shape index (κ1) is 9.70. The number of hydrogen-bond donors (Lipinski definition) is 0. The third-order valence-electron chi connectivity index (χ3n) is 1.81. The van der Waals surface area contributed by atoms with E-state index in [1.165, 1.54) is 0 Å². The summed E-state index contributed by atoms with van der Waals surface area (Å²) in [5.74, 6) is 6.08. The van der Waals surface area contributed by atoms with Crippen LogP contribution < -0.4 is 0 Å². The fourth-order valence-corrected chi connectivity index (χ4v) is 1.69. The van der Waals surface area contributed by atoms with E-state index in [-0.39, 0.29) is 0 Å². The van der Waals surface area contributed by atoms with Crippen LogP contribution in [0.3, 0.4) is 0 Å². The van der Waals surface area contributed by atoms with Crippen LogP contribution >= 0.6 is 11.3 Å². The SMILES string of the molecule is C=Cc1nc(C#Cc2ccccc2)cs1. The van der Waals surface area contributed by atoms with Gasteiger partial charge in [0.05, 0.1) is 0 Å². The van der Waals surface area contributed by atoms with Gasteiger partial charge in [0.1, 0.15) is 10.7 Å². The highest BCUT2D eigenvalue weighted by atomic mass is 32.1. The monoisotopic (exact) mass is 211 g/mol. The van der Waals surface area contributed by atoms with Crippen molar-refractivity contribution in [3.05, 3.63) is 58.6 Å². The van der Waals surface area contributed by atoms with Gasteiger partial charge in [0, 0.05) is 10.9 Å². The van der Waals surface area contributed by atoms with Gasteiger partial charge in [-0.05, 0) is 24.1 Å². The molecule has 2 heteroatoms. The first-order chi connectivity index (χ1) is 7.38. The molecule has 1 nitrogen and oxygen atoms in total. The molecule has 0 saturated carbocycles. The predicted octanol–water partition coefficient (Wildman–Crippen LogP) is 3.19. The Morgan fingerprint density at radius 3 is 2.67 bits per heavy atom. The largest absolute Gasteiger partial charge is 0.228 e. The van der Waals surface area contributed by atoms with Gasteiger partial charge in [-0.3, -0.25) is 0 Å². The topological polar surface area (TPSA) is 12.9 Å². The fraction of sp³-hybridized carbons (Fsp3) is 0. The average molecular weight is 211 g/mol. The zero-order chi connectivity index (χ0) is 10.5. The van der Waals surface area contributed by atoms with E-state index in [9.17, 15) is 0 Å². The third kappa shape index (κ3) is 2.55. The molecule has 1 aromatic heterocycles. The molecule has 1 heterocycles. The molecule has 0 radical (unpaired) electrons. The molecule has 0 aliphatic rings. The summed E-state index contributed by atoms with van der Waals surface area (Å²) in [6, 6.07) is 9.88. The average Bonchev–Trinajstić information content (AvgIpc) is 2.76. The number of nitrogens with zero attached hydrogens (tertiary/aromatic N) is 1. The minimum Gasteiger partial charge on any atom is -0.228 e. The van der Waals surface area contributed by atoms with Gasteiger partial charge in [0.2, 0.25) is 0 Å². The lowest BCUT2D eigenvalue weighted by molar-refractivity contribution is 1.35. The Labute approximate surface area is 93.1 Å². The van der Waals surface area contributed by atoms with Crippen molar-refractivity contribution in [1.29, 1.82) is 0 Å². The second-order valence-corrected chi connectivity index (χ2v) is 3.78. The number of rotatable bonds is 1. The van der Waals surface area contributed by atoms with Crippen LogP contribution in [0.5, 0.6) is 0 Å². The smallest absolute Gasteiger partial charge is 0.125 e. The van der Waals surface area contributed by atoms with Crippen LogP contribution in [0.1, 0.15) is 16.3 Å². The van der Waals surface area contributed by atoms with Crippen LogP contribution in [-0.2, 0) is 0 Å². The summed E-state index contributed by atoms with van der Waals surface area (Å²) in [7, 11) is 0. The number of benzene rings is 1. The van der Waals surface area contributed by atoms with Crippen molar-refractivity contribution >= 4 is 17.4 Å². The molecule has 1 aromatic carbocycles. The molecule has 0 saturated heterocycles. The lowest BCUT2D eigenvalue weighted by atomic mass is 10.2. The van der Waals surface area contributed by atoms with Crippen molar-refractivity contribution < 1.29 is 0 Å². The van der Waals surface area contributed by atoms with E-state index in [0.29, 0.717) is 0 Å². The first-order valence-electron chi connectivity index (χ1n) is 4.53. The molecular weight excluding hydrogens is 202 g/mol. The summed E-state index contributed by atoms with van der Waals surface area (Å²) in [5, 5.41) is 2.85. The molecule has 0 aliphatic heterocycles. The third-order valence-corrected chi connectivity index (χ3v) is 2.65. The molecule has 72 valence electrons. The van der Waals surface area contributed by atoms with Crippen molar-refractivity contribution in [2.45, 2.75) is 0 Å². The van der Waals surface area contributed by atoms with E-state index in [1.54, 1.807) is 17.4 Å². The summed E-state index contributed by atoms with van der Waals surface area (Å²) in [5.41, 5.74) is 1.81. The van der Waals surface area contributed by atoms with Crippen LogP contribution in [-0.4, -0.2) is 4.98 Å². The summed E-state index contributed by atoms with van der Waals surface area (Å²) in [6.07, 6.45) is 1.73. The van der Waals surface area contributed by atoms with Crippen molar-refractivity contribution in [2.24, 2.45) is 0 Å². The maximum absolute atomic E-state index is 4.27. The van der Waals surface area contributed by atoms with E-state index < -0.39 is 0 Å². The highest BCUT2D eigenvalue weighted by Crippen LogP contribution is 2.09. The first-order valence-corrected chi connectivity index (χ1v) is 5.41. The van der Waals surface area contributed by atoms with Crippen molar-refractivity contribution in [3.63, 3.8) is 0 Å². The van der Waals surface area contributed by atoms with Crippen LogP contribution in [0, 0.1) is 11.8 Å². The molecule has 0 N–H and O–H groups in total. The van der Waals surface area contributed by atoms with Gasteiger partial charge in [0.15, 0.2) is 0 Å². The molecule has 0 atom stereocenters. The number of thiazole rings is 1. The second kappa shape index (κ2) is 4.59. The molecule has 2 rings (SSSR count). The van der Waals surface area contributed by atoms with Crippen LogP contribution in [0.25, 0.3) is 6.08 Å². The standard InChI is InChI=1S/C13H9NS/c1-2-13-14-12(10-15-13)9-8-11-6-4-3-5-7-11/h2-7,10H,1H2. The molecule has 15 heavy (non-hydrogen) atoms. The quantitative estimate of drug-likeness (QED) is 0.660. The summed E-state index contributed by atoms with van der Waals surface area (Å²) >= 11 is 1.55. The molecule has 0 unspecified atom stereocenters. The van der Waals surface area contributed by atoms with Gasteiger partial charge in [0.25, 0.3) is 0 Å². The van der Waals surface area contributed by atoms with Gasteiger partial charge in [-0.25, -0.2) is 4.98 Å². The Bertz CT molecular complexity index is 514. The molecule has 0 bridgehead atoms. The lowest BCUT2D eigenvalue weighted by Gasteiger charge is -1.85. The van der Waals surface area contributed by atoms with Crippen molar-refractivity contribution in [2.75, 3.05) is 0 Å². The van der Waals surface area contributed by atoms with Crippen molar-refractivity contribution in [3.8, 4) is 11.8 Å². The van der Waals surface area contributed by atoms with E-state index >= 15 is 0 Å². The fourth-order valence-electron chi connectivity index (χ4n) is 1.10. The summed E-state index contributed by atoms with van der Waals surface area (Å²) in [6.45, 7) is 3.66.